The second-order valence-corrected chi connectivity index (χ2v) is 7.46. The van der Waals surface area contributed by atoms with Crippen molar-refractivity contribution >= 4 is 23.2 Å². The van der Waals surface area contributed by atoms with Crippen LogP contribution in [0.4, 0.5) is 0 Å². The maximum absolute atomic E-state index is 6.40. The molecule has 0 atom stereocenters. The first-order valence-corrected chi connectivity index (χ1v) is 8.53. The topological polar surface area (TPSA) is 30.5 Å². The smallest absolute Gasteiger partial charge is 0.163 e. The van der Waals surface area contributed by atoms with Crippen LogP contribution in [0.2, 0.25) is 10.0 Å². The molecule has 5 heteroatoms. The number of ether oxygens (including phenoxy) is 2. The predicted octanol–water partition coefficient (Wildman–Crippen LogP) is 5.47. The third-order valence-electron chi connectivity index (χ3n) is 3.43. The highest BCUT2D eigenvalue weighted by Crippen LogP contribution is 2.34. The van der Waals surface area contributed by atoms with E-state index in [1.165, 1.54) is 0 Å². The maximum Gasteiger partial charge on any atom is 0.163 e. The van der Waals surface area contributed by atoms with Crippen LogP contribution in [0, 0.1) is 0 Å². The molecular formula is C19H23Cl2NO2. The standard InChI is InChI=1S/C19H23Cl2NO2/c1-19(2,3)22-11-14-9-17(23-4)18(10-16(14)21)24-12-13-6-5-7-15(20)8-13/h5-10,22H,11-12H2,1-4H3. The van der Waals surface area contributed by atoms with Crippen molar-refractivity contribution in [2.24, 2.45) is 0 Å². The molecule has 0 heterocycles. The van der Waals surface area contributed by atoms with E-state index >= 15 is 0 Å². The van der Waals surface area contributed by atoms with E-state index in [1.54, 1.807) is 13.2 Å². The highest BCUT2D eigenvalue weighted by atomic mass is 35.5. The van der Waals surface area contributed by atoms with E-state index in [0.29, 0.717) is 34.7 Å². The van der Waals surface area contributed by atoms with Crippen molar-refractivity contribution in [3.05, 3.63) is 57.6 Å². The van der Waals surface area contributed by atoms with Crippen molar-refractivity contribution in [1.29, 1.82) is 0 Å². The van der Waals surface area contributed by atoms with Crippen molar-refractivity contribution in [2.75, 3.05) is 7.11 Å². The fourth-order valence-corrected chi connectivity index (χ4v) is 2.57. The van der Waals surface area contributed by atoms with Crippen LogP contribution in [-0.4, -0.2) is 12.6 Å². The molecule has 0 saturated heterocycles. The van der Waals surface area contributed by atoms with E-state index in [9.17, 15) is 0 Å². The van der Waals surface area contributed by atoms with Gasteiger partial charge in [0, 0.05) is 28.2 Å². The highest BCUT2D eigenvalue weighted by molar-refractivity contribution is 6.31. The first-order chi connectivity index (χ1) is 11.3. The lowest BCUT2D eigenvalue weighted by Gasteiger charge is -2.21. The zero-order valence-corrected chi connectivity index (χ0v) is 16.0. The molecule has 2 aromatic rings. The Kier molecular flexibility index (Phi) is 6.39. The summed E-state index contributed by atoms with van der Waals surface area (Å²) in [4.78, 5) is 0. The number of benzene rings is 2. The van der Waals surface area contributed by atoms with Crippen LogP contribution in [-0.2, 0) is 13.2 Å². The third-order valence-corrected chi connectivity index (χ3v) is 4.01. The van der Waals surface area contributed by atoms with Crippen LogP contribution in [0.25, 0.3) is 0 Å². The van der Waals surface area contributed by atoms with Gasteiger partial charge in [-0.15, -0.1) is 0 Å². The average molecular weight is 368 g/mol. The number of nitrogens with one attached hydrogen (secondary N) is 1. The number of hydrogen-bond donors (Lipinski definition) is 1. The minimum Gasteiger partial charge on any atom is -0.493 e. The van der Waals surface area contributed by atoms with Crippen LogP contribution in [0.3, 0.4) is 0 Å². The van der Waals surface area contributed by atoms with Gasteiger partial charge in [-0.2, -0.15) is 0 Å². The van der Waals surface area contributed by atoms with Crippen LogP contribution in [0.5, 0.6) is 11.5 Å². The molecule has 2 aromatic carbocycles. The van der Waals surface area contributed by atoms with Crippen LogP contribution in [0.15, 0.2) is 36.4 Å². The van der Waals surface area contributed by atoms with E-state index in [-0.39, 0.29) is 5.54 Å². The molecule has 0 amide bonds. The molecule has 0 aromatic heterocycles. The van der Waals surface area contributed by atoms with E-state index in [0.717, 1.165) is 11.1 Å². The van der Waals surface area contributed by atoms with Crippen LogP contribution >= 0.6 is 23.2 Å². The van der Waals surface area contributed by atoms with E-state index in [1.807, 2.05) is 30.3 Å². The largest absolute Gasteiger partial charge is 0.493 e. The molecule has 24 heavy (non-hydrogen) atoms. The van der Waals surface area contributed by atoms with Gasteiger partial charge in [-0.25, -0.2) is 0 Å². The molecule has 0 unspecified atom stereocenters. The zero-order valence-electron chi connectivity index (χ0n) is 14.5. The Labute approximate surface area is 153 Å². The van der Waals surface area contributed by atoms with Gasteiger partial charge >= 0.3 is 0 Å². The summed E-state index contributed by atoms with van der Waals surface area (Å²) in [7, 11) is 1.62. The van der Waals surface area contributed by atoms with E-state index < -0.39 is 0 Å². The molecule has 3 nitrogen and oxygen atoms in total. The fourth-order valence-electron chi connectivity index (χ4n) is 2.13. The van der Waals surface area contributed by atoms with Gasteiger partial charge in [0.2, 0.25) is 0 Å². The monoisotopic (exact) mass is 367 g/mol. The molecule has 2 rings (SSSR count). The minimum atomic E-state index is 0.0122. The van der Waals surface area contributed by atoms with Crippen LogP contribution in [0.1, 0.15) is 31.9 Å². The Morgan fingerprint density at radius 2 is 1.79 bits per heavy atom. The summed E-state index contributed by atoms with van der Waals surface area (Å²) in [5, 5.41) is 4.75. The van der Waals surface area contributed by atoms with Crippen molar-refractivity contribution in [3.8, 4) is 11.5 Å². The Hall–Kier alpha value is -1.42. The lowest BCUT2D eigenvalue weighted by atomic mass is 10.1. The first-order valence-electron chi connectivity index (χ1n) is 7.77. The second kappa shape index (κ2) is 8.11. The molecule has 0 radical (unpaired) electrons. The van der Waals surface area contributed by atoms with Gasteiger partial charge in [0.1, 0.15) is 6.61 Å². The maximum atomic E-state index is 6.40. The van der Waals surface area contributed by atoms with Crippen LogP contribution < -0.4 is 14.8 Å². The summed E-state index contributed by atoms with van der Waals surface area (Å²) in [6.07, 6.45) is 0. The molecular weight excluding hydrogens is 345 g/mol. The molecule has 0 fully saturated rings. The normalized spacial score (nSPS) is 11.4. The number of methoxy groups -OCH3 is 1. The van der Waals surface area contributed by atoms with Gasteiger partial charge in [-0.05, 0) is 50.1 Å². The molecule has 0 spiro atoms. The van der Waals surface area contributed by atoms with E-state index in [2.05, 4.69) is 26.1 Å². The molecule has 0 aliphatic rings. The average Bonchev–Trinajstić information content (AvgIpc) is 2.51. The Balaban J connectivity index is 2.14. The van der Waals surface area contributed by atoms with Gasteiger partial charge in [0.15, 0.2) is 11.5 Å². The van der Waals surface area contributed by atoms with Crippen molar-refractivity contribution in [3.63, 3.8) is 0 Å². The Morgan fingerprint density at radius 1 is 1.04 bits per heavy atom. The van der Waals surface area contributed by atoms with Gasteiger partial charge in [0.25, 0.3) is 0 Å². The fraction of sp³-hybridized carbons (Fsp3) is 0.368. The summed E-state index contributed by atoms with van der Waals surface area (Å²) < 4.78 is 11.3. The summed E-state index contributed by atoms with van der Waals surface area (Å²) in [6.45, 7) is 7.39. The molecule has 1 N–H and O–H groups in total. The van der Waals surface area contributed by atoms with Gasteiger partial charge in [-0.1, -0.05) is 35.3 Å². The summed E-state index contributed by atoms with van der Waals surface area (Å²) in [5.74, 6) is 1.27. The quantitative estimate of drug-likeness (QED) is 0.734. The van der Waals surface area contributed by atoms with Gasteiger partial charge in [-0.3, -0.25) is 0 Å². The molecule has 130 valence electrons. The first kappa shape index (κ1) is 18.9. The van der Waals surface area contributed by atoms with Crippen molar-refractivity contribution in [1.82, 2.24) is 5.32 Å². The minimum absolute atomic E-state index is 0.0122. The number of hydrogen-bond acceptors (Lipinski definition) is 3. The Bertz CT molecular complexity index is 696. The predicted molar refractivity (Wildman–Crippen MR) is 100 cm³/mol. The SMILES string of the molecule is COc1cc(CNC(C)(C)C)c(Cl)cc1OCc1cccc(Cl)c1. The Morgan fingerprint density at radius 3 is 2.42 bits per heavy atom. The molecule has 0 saturated carbocycles. The summed E-state index contributed by atoms with van der Waals surface area (Å²) in [6, 6.07) is 11.3. The second-order valence-electron chi connectivity index (χ2n) is 6.62. The van der Waals surface area contributed by atoms with Crippen molar-refractivity contribution in [2.45, 2.75) is 39.5 Å². The molecule has 0 aliphatic heterocycles. The lowest BCUT2D eigenvalue weighted by molar-refractivity contribution is 0.284. The van der Waals surface area contributed by atoms with Gasteiger partial charge < -0.3 is 14.8 Å². The zero-order chi connectivity index (χ0) is 17.7. The third kappa shape index (κ3) is 5.59. The van der Waals surface area contributed by atoms with Gasteiger partial charge in [0.05, 0.1) is 7.11 Å². The number of halogens is 2. The molecule has 0 bridgehead atoms. The summed E-state index contributed by atoms with van der Waals surface area (Å²) in [5.41, 5.74) is 1.97. The number of rotatable bonds is 6. The summed E-state index contributed by atoms with van der Waals surface area (Å²) >= 11 is 12.4. The lowest BCUT2D eigenvalue weighted by Crippen LogP contribution is -2.35. The molecule has 0 aliphatic carbocycles. The van der Waals surface area contributed by atoms with Crippen molar-refractivity contribution < 1.29 is 9.47 Å². The highest BCUT2D eigenvalue weighted by Gasteiger charge is 2.14. The van der Waals surface area contributed by atoms with E-state index in [4.69, 9.17) is 32.7 Å².